The van der Waals surface area contributed by atoms with Crippen LogP contribution in [-0.4, -0.2) is 43.1 Å². The van der Waals surface area contributed by atoms with Gasteiger partial charge in [0.05, 0.1) is 13.2 Å². The molecular weight excluding hydrogens is 268 g/mol. The Kier molecular flexibility index (Phi) is 8.78. The van der Waals surface area contributed by atoms with Gasteiger partial charge in [0.25, 0.3) is 0 Å². The molecule has 3 nitrogen and oxygen atoms in total. The largest absolute Gasteiger partial charge is 0.401 e. The molecule has 0 amide bonds. The fourth-order valence-electron chi connectivity index (χ4n) is 1.58. The maximum absolute atomic E-state index is 12.0. The number of rotatable bonds is 3. The monoisotopic (exact) mass is 284 g/mol. The number of halogens is 5. The van der Waals surface area contributed by atoms with E-state index >= 15 is 0 Å². The number of hydrogen-bond donors (Lipinski definition) is 3. The lowest BCUT2D eigenvalue weighted by molar-refractivity contribution is -0.130. The van der Waals surface area contributed by atoms with Crippen molar-refractivity contribution < 1.29 is 18.3 Å². The van der Waals surface area contributed by atoms with E-state index in [1.165, 1.54) is 0 Å². The molecule has 1 fully saturated rings. The van der Waals surface area contributed by atoms with Gasteiger partial charge in [0, 0.05) is 5.54 Å². The molecule has 0 atom stereocenters. The van der Waals surface area contributed by atoms with Crippen LogP contribution >= 0.6 is 24.8 Å². The van der Waals surface area contributed by atoms with E-state index in [9.17, 15) is 13.2 Å². The molecule has 0 aromatic heterocycles. The maximum Gasteiger partial charge on any atom is 0.401 e. The molecule has 0 saturated carbocycles. The normalized spacial score (nSPS) is 19.5. The van der Waals surface area contributed by atoms with E-state index < -0.39 is 18.3 Å². The number of aliphatic hydroxyl groups is 1. The Hall–Kier alpha value is 0.250. The molecule has 1 aliphatic rings. The Morgan fingerprint density at radius 2 is 1.69 bits per heavy atom. The Bertz CT molecular complexity index is 187. The standard InChI is InChI=1S/C8H15F3N2O.2ClH/c9-8(10,11)5-13-7(6-14)1-3-12-4-2-7;;/h12-14H,1-6H2;2*1H. The molecule has 0 aromatic rings. The summed E-state index contributed by atoms with van der Waals surface area (Å²) in [5.41, 5.74) is -0.749. The average molecular weight is 285 g/mol. The molecule has 0 aliphatic carbocycles. The van der Waals surface area contributed by atoms with Crippen LogP contribution in [0.1, 0.15) is 12.8 Å². The molecule has 0 bridgehead atoms. The van der Waals surface area contributed by atoms with Crippen molar-refractivity contribution in [2.75, 3.05) is 26.2 Å². The summed E-state index contributed by atoms with van der Waals surface area (Å²) in [6.07, 6.45) is -3.16. The van der Waals surface area contributed by atoms with Crippen molar-refractivity contribution in [3.8, 4) is 0 Å². The third-order valence-electron chi connectivity index (χ3n) is 2.53. The molecule has 16 heavy (non-hydrogen) atoms. The zero-order valence-corrected chi connectivity index (χ0v) is 10.3. The lowest BCUT2D eigenvalue weighted by atomic mass is 9.89. The van der Waals surface area contributed by atoms with Crippen molar-refractivity contribution in [1.82, 2.24) is 10.6 Å². The highest BCUT2D eigenvalue weighted by molar-refractivity contribution is 5.85. The third-order valence-corrected chi connectivity index (χ3v) is 2.53. The van der Waals surface area contributed by atoms with Gasteiger partial charge in [-0.05, 0) is 25.9 Å². The van der Waals surface area contributed by atoms with Gasteiger partial charge in [0.15, 0.2) is 0 Å². The minimum Gasteiger partial charge on any atom is -0.394 e. The van der Waals surface area contributed by atoms with Crippen molar-refractivity contribution in [1.29, 1.82) is 0 Å². The Morgan fingerprint density at radius 1 is 1.19 bits per heavy atom. The smallest absolute Gasteiger partial charge is 0.394 e. The second-order valence-electron chi connectivity index (χ2n) is 3.66. The van der Waals surface area contributed by atoms with E-state index in [1.807, 2.05) is 0 Å². The quantitative estimate of drug-likeness (QED) is 0.727. The number of nitrogens with one attached hydrogen (secondary N) is 2. The van der Waals surface area contributed by atoms with Crippen molar-refractivity contribution in [2.45, 2.75) is 24.6 Å². The van der Waals surface area contributed by atoms with E-state index in [1.54, 1.807) is 0 Å². The van der Waals surface area contributed by atoms with Gasteiger partial charge in [-0.3, -0.25) is 0 Å². The summed E-state index contributed by atoms with van der Waals surface area (Å²) in [7, 11) is 0. The van der Waals surface area contributed by atoms with Crippen molar-refractivity contribution in [2.24, 2.45) is 0 Å². The minimum absolute atomic E-state index is 0. The highest BCUT2D eigenvalue weighted by atomic mass is 35.5. The van der Waals surface area contributed by atoms with E-state index in [2.05, 4.69) is 10.6 Å². The van der Waals surface area contributed by atoms with Gasteiger partial charge in [0.2, 0.25) is 0 Å². The number of aliphatic hydroxyl groups excluding tert-OH is 1. The molecule has 0 aromatic carbocycles. The Labute approximate surface area is 105 Å². The second kappa shape index (κ2) is 7.55. The van der Waals surface area contributed by atoms with Crippen LogP contribution in [0, 0.1) is 0 Å². The number of alkyl halides is 3. The average Bonchev–Trinajstić information content (AvgIpc) is 2.15. The molecule has 3 N–H and O–H groups in total. The Morgan fingerprint density at radius 3 is 2.06 bits per heavy atom. The maximum atomic E-state index is 12.0. The lowest BCUT2D eigenvalue weighted by Crippen LogP contribution is -2.56. The van der Waals surface area contributed by atoms with Crippen molar-refractivity contribution in [3.63, 3.8) is 0 Å². The minimum atomic E-state index is -4.22. The molecule has 1 rings (SSSR count). The van der Waals surface area contributed by atoms with Gasteiger partial charge in [-0.2, -0.15) is 13.2 Å². The number of piperidine rings is 1. The van der Waals surface area contributed by atoms with E-state index in [0.717, 1.165) is 0 Å². The summed E-state index contributed by atoms with van der Waals surface area (Å²) < 4.78 is 35.9. The fourth-order valence-corrected chi connectivity index (χ4v) is 1.58. The van der Waals surface area contributed by atoms with Crippen molar-refractivity contribution in [3.05, 3.63) is 0 Å². The highest BCUT2D eigenvalue weighted by Gasteiger charge is 2.36. The molecule has 0 spiro atoms. The van der Waals surface area contributed by atoms with Crippen LogP contribution in [0.2, 0.25) is 0 Å². The zero-order valence-electron chi connectivity index (χ0n) is 8.64. The Balaban J connectivity index is 0. The van der Waals surface area contributed by atoms with Crippen LogP contribution in [0.3, 0.4) is 0 Å². The topological polar surface area (TPSA) is 44.3 Å². The third kappa shape index (κ3) is 6.10. The summed E-state index contributed by atoms with van der Waals surface area (Å²) in [6.45, 7) is 0.00908. The van der Waals surface area contributed by atoms with Crippen LogP contribution in [-0.2, 0) is 0 Å². The van der Waals surface area contributed by atoms with Gasteiger partial charge in [-0.25, -0.2) is 0 Å². The van der Waals surface area contributed by atoms with Gasteiger partial charge < -0.3 is 15.7 Å². The first kappa shape index (κ1) is 18.6. The van der Waals surface area contributed by atoms with E-state index in [4.69, 9.17) is 5.11 Å². The zero-order chi connectivity index (χ0) is 10.7. The summed E-state index contributed by atoms with van der Waals surface area (Å²) >= 11 is 0. The van der Waals surface area contributed by atoms with E-state index in [-0.39, 0.29) is 31.4 Å². The second-order valence-corrected chi connectivity index (χ2v) is 3.66. The molecule has 0 unspecified atom stereocenters. The van der Waals surface area contributed by atoms with Gasteiger partial charge in [-0.1, -0.05) is 0 Å². The number of hydrogen-bond acceptors (Lipinski definition) is 3. The van der Waals surface area contributed by atoms with Crippen LogP contribution in [0.4, 0.5) is 13.2 Å². The molecule has 1 heterocycles. The van der Waals surface area contributed by atoms with E-state index in [0.29, 0.717) is 25.9 Å². The van der Waals surface area contributed by atoms with Crippen LogP contribution in [0.15, 0.2) is 0 Å². The van der Waals surface area contributed by atoms with Crippen LogP contribution < -0.4 is 10.6 Å². The SMILES string of the molecule is Cl.Cl.OCC1(NCC(F)(F)F)CCNCC1. The molecule has 0 radical (unpaired) electrons. The van der Waals surface area contributed by atoms with Gasteiger partial charge in [-0.15, -0.1) is 24.8 Å². The molecule has 1 aliphatic heterocycles. The summed E-state index contributed by atoms with van der Waals surface area (Å²) in [4.78, 5) is 0. The fraction of sp³-hybridized carbons (Fsp3) is 1.00. The summed E-state index contributed by atoms with van der Waals surface area (Å²) in [6, 6.07) is 0. The molecule has 1 saturated heterocycles. The predicted molar refractivity (Wildman–Crippen MR) is 60.5 cm³/mol. The van der Waals surface area contributed by atoms with Gasteiger partial charge in [0.1, 0.15) is 0 Å². The van der Waals surface area contributed by atoms with Crippen LogP contribution in [0.25, 0.3) is 0 Å². The van der Waals surface area contributed by atoms with Gasteiger partial charge >= 0.3 is 6.18 Å². The lowest BCUT2D eigenvalue weighted by Gasteiger charge is -2.37. The predicted octanol–water partition coefficient (Wildman–Crippen LogP) is 1.10. The highest BCUT2D eigenvalue weighted by Crippen LogP contribution is 2.20. The molecule has 8 heteroatoms. The molecular formula is C8H17Cl2F3N2O. The molecule has 100 valence electrons. The first-order valence-corrected chi connectivity index (χ1v) is 4.61. The van der Waals surface area contributed by atoms with Crippen LogP contribution in [0.5, 0.6) is 0 Å². The summed E-state index contributed by atoms with van der Waals surface area (Å²) in [5.74, 6) is 0. The summed E-state index contributed by atoms with van der Waals surface area (Å²) in [5, 5.41) is 14.5. The van der Waals surface area contributed by atoms with Crippen molar-refractivity contribution >= 4 is 24.8 Å². The first-order chi connectivity index (χ1) is 6.47. The first-order valence-electron chi connectivity index (χ1n) is 4.61.